The van der Waals surface area contributed by atoms with Gasteiger partial charge in [-0.15, -0.1) is 11.3 Å². The smallest absolute Gasteiger partial charge is 0.272 e. The van der Waals surface area contributed by atoms with Gasteiger partial charge in [-0.1, -0.05) is 23.5 Å². The summed E-state index contributed by atoms with van der Waals surface area (Å²) in [6.07, 6.45) is 0. The number of fused-ring (bicyclic) bond motifs is 1. The largest absolute Gasteiger partial charge is 0.379 e. The Balaban J connectivity index is 1.69. The molecule has 0 spiro atoms. The molecule has 154 valence electrons. The molecule has 1 fully saturated rings. The van der Waals surface area contributed by atoms with Crippen LogP contribution in [0.5, 0.6) is 0 Å². The quantitative estimate of drug-likeness (QED) is 0.613. The lowest BCUT2D eigenvalue weighted by atomic mass is 10.1. The molecule has 1 saturated heterocycles. The molecule has 3 aromatic rings. The molecule has 1 amide bonds. The number of rotatable bonds is 5. The fraction of sp³-hybridized carbons (Fsp3) is 0.476. The maximum Gasteiger partial charge on any atom is 0.272 e. The van der Waals surface area contributed by atoms with Crippen molar-refractivity contribution in [3.63, 3.8) is 0 Å². The molecule has 1 aliphatic heterocycles. The Morgan fingerprint density at radius 1 is 1.10 bits per heavy atom. The monoisotopic (exact) mass is 430 g/mol. The van der Waals surface area contributed by atoms with Crippen LogP contribution in [0.1, 0.15) is 31.5 Å². The maximum absolute atomic E-state index is 13.5. The number of nitrogens with zero attached hydrogens (tertiary/aromatic N) is 4. The van der Waals surface area contributed by atoms with E-state index in [1.165, 1.54) is 16.9 Å². The van der Waals surface area contributed by atoms with Crippen molar-refractivity contribution in [2.24, 2.45) is 0 Å². The highest BCUT2D eigenvalue weighted by Crippen LogP contribution is 2.34. The van der Waals surface area contributed by atoms with E-state index in [1.807, 2.05) is 18.7 Å². The summed E-state index contributed by atoms with van der Waals surface area (Å²) in [6.45, 7) is 12.7. The minimum atomic E-state index is -0.00396. The van der Waals surface area contributed by atoms with Gasteiger partial charge in [-0.3, -0.25) is 14.6 Å². The topological polar surface area (TPSA) is 58.6 Å². The molecular weight excluding hydrogens is 404 g/mol. The summed E-state index contributed by atoms with van der Waals surface area (Å²) < 4.78 is 6.61. The molecular formula is C21H26N4O2S2. The van der Waals surface area contributed by atoms with E-state index in [0.717, 1.165) is 64.5 Å². The molecule has 3 heterocycles. The van der Waals surface area contributed by atoms with E-state index >= 15 is 0 Å². The summed E-state index contributed by atoms with van der Waals surface area (Å²) in [5.41, 5.74) is 4.12. The van der Waals surface area contributed by atoms with Crippen molar-refractivity contribution in [3.05, 3.63) is 38.8 Å². The highest BCUT2D eigenvalue weighted by atomic mass is 32.1. The van der Waals surface area contributed by atoms with Crippen LogP contribution in [0.2, 0.25) is 0 Å². The van der Waals surface area contributed by atoms with Gasteiger partial charge in [0, 0.05) is 26.2 Å². The van der Waals surface area contributed by atoms with Gasteiger partial charge in [-0.25, -0.2) is 9.97 Å². The molecule has 0 unspecified atom stereocenters. The number of carbonyl (C=O) groups is 1. The van der Waals surface area contributed by atoms with Crippen LogP contribution in [0.25, 0.3) is 10.2 Å². The van der Waals surface area contributed by atoms with Crippen molar-refractivity contribution >= 4 is 43.9 Å². The number of amides is 1. The number of aryl methyl sites for hydroxylation is 4. The lowest BCUT2D eigenvalue weighted by Crippen LogP contribution is -2.43. The third-order valence-electron chi connectivity index (χ3n) is 5.25. The first-order valence-corrected chi connectivity index (χ1v) is 11.5. The zero-order valence-electron chi connectivity index (χ0n) is 17.3. The molecule has 4 rings (SSSR count). The minimum Gasteiger partial charge on any atom is -0.379 e. The van der Waals surface area contributed by atoms with Gasteiger partial charge in [0.25, 0.3) is 5.91 Å². The zero-order chi connectivity index (χ0) is 20.5. The third-order valence-corrected chi connectivity index (χ3v) is 7.52. The predicted molar refractivity (Wildman–Crippen MR) is 120 cm³/mol. The Hall–Kier alpha value is -1.87. The van der Waals surface area contributed by atoms with Crippen LogP contribution >= 0.6 is 22.7 Å². The van der Waals surface area contributed by atoms with E-state index in [2.05, 4.69) is 35.9 Å². The van der Waals surface area contributed by atoms with Crippen molar-refractivity contribution in [1.82, 2.24) is 14.9 Å². The molecule has 2 aromatic heterocycles. The van der Waals surface area contributed by atoms with Crippen molar-refractivity contribution in [2.45, 2.75) is 27.7 Å². The number of morpholine rings is 1. The third kappa shape index (κ3) is 4.21. The first-order chi connectivity index (χ1) is 13.9. The normalized spacial score (nSPS) is 15.2. The van der Waals surface area contributed by atoms with Crippen LogP contribution in [0.15, 0.2) is 12.1 Å². The van der Waals surface area contributed by atoms with Gasteiger partial charge >= 0.3 is 0 Å². The number of hydrogen-bond donors (Lipinski definition) is 0. The fourth-order valence-electron chi connectivity index (χ4n) is 3.57. The average Bonchev–Trinajstić information content (AvgIpc) is 3.30. The fourth-order valence-corrected chi connectivity index (χ4v) is 5.57. The van der Waals surface area contributed by atoms with E-state index in [0.29, 0.717) is 11.4 Å². The second-order valence-corrected chi connectivity index (χ2v) is 9.61. The van der Waals surface area contributed by atoms with Crippen LogP contribution in [-0.2, 0) is 4.74 Å². The van der Waals surface area contributed by atoms with Crippen molar-refractivity contribution in [2.75, 3.05) is 44.3 Å². The van der Waals surface area contributed by atoms with E-state index in [9.17, 15) is 4.79 Å². The number of aromatic nitrogens is 2. The number of anilines is 1. The number of ether oxygens (including phenoxy) is 1. The van der Waals surface area contributed by atoms with Crippen molar-refractivity contribution in [3.8, 4) is 0 Å². The summed E-state index contributed by atoms with van der Waals surface area (Å²) >= 11 is 3.06. The summed E-state index contributed by atoms with van der Waals surface area (Å²) in [4.78, 5) is 27.8. The molecule has 0 saturated carbocycles. The molecule has 8 heteroatoms. The van der Waals surface area contributed by atoms with Gasteiger partial charge in [-0.05, 0) is 38.8 Å². The molecule has 1 aliphatic rings. The molecule has 0 aliphatic carbocycles. The number of hydrogen-bond acceptors (Lipinski definition) is 7. The Morgan fingerprint density at radius 3 is 2.48 bits per heavy atom. The summed E-state index contributed by atoms with van der Waals surface area (Å²) in [5.74, 6) is -0.00396. The molecule has 29 heavy (non-hydrogen) atoms. The molecule has 0 radical (unpaired) electrons. The molecule has 0 N–H and O–H groups in total. The Labute approximate surface area is 179 Å². The highest BCUT2D eigenvalue weighted by molar-refractivity contribution is 7.22. The highest BCUT2D eigenvalue weighted by Gasteiger charge is 2.26. The van der Waals surface area contributed by atoms with Crippen molar-refractivity contribution in [1.29, 1.82) is 0 Å². The molecule has 0 bridgehead atoms. The SMILES string of the molecule is Cc1nc(C)c(C(=O)N(CCN2CCOCC2)c2nc3c(C)ccc(C)c3s2)s1. The van der Waals surface area contributed by atoms with Crippen LogP contribution in [-0.4, -0.2) is 60.2 Å². The van der Waals surface area contributed by atoms with Gasteiger partial charge in [0.2, 0.25) is 0 Å². The summed E-state index contributed by atoms with van der Waals surface area (Å²) in [5, 5.41) is 1.68. The van der Waals surface area contributed by atoms with E-state index in [-0.39, 0.29) is 5.91 Å². The Kier molecular flexibility index (Phi) is 5.96. The lowest BCUT2D eigenvalue weighted by Gasteiger charge is -2.29. The van der Waals surface area contributed by atoms with Gasteiger partial charge in [0.1, 0.15) is 4.88 Å². The Morgan fingerprint density at radius 2 is 1.83 bits per heavy atom. The van der Waals surface area contributed by atoms with Gasteiger partial charge in [0.05, 0.1) is 34.1 Å². The lowest BCUT2D eigenvalue weighted by molar-refractivity contribution is 0.0391. The number of thiazole rings is 2. The van der Waals surface area contributed by atoms with Gasteiger partial charge in [0.15, 0.2) is 5.13 Å². The molecule has 1 aromatic carbocycles. The second kappa shape index (κ2) is 8.47. The first-order valence-electron chi connectivity index (χ1n) is 9.87. The first kappa shape index (κ1) is 20.4. The van der Waals surface area contributed by atoms with Gasteiger partial charge in [-0.2, -0.15) is 0 Å². The van der Waals surface area contributed by atoms with Crippen LogP contribution < -0.4 is 4.90 Å². The van der Waals surface area contributed by atoms with Crippen molar-refractivity contribution < 1.29 is 9.53 Å². The van der Waals surface area contributed by atoms with Gasteiger partial charge < -0.3 is 4.74 Å². The average molecular weight is 431 g/mol. The summed E-state index contributed by atoms with van der Waals surface area (Å²) in [6, 6.07) is 4.22. The predicted octanol–water partition coefficient (Wildman–Crippen LogP) is 3.97. The second-order valence-electron chi connectivity index (χ2n) is 7.43. The van der Waals surface area contributed by atoms with Crippen LogP contribution in [0, 0.1) is 27.7 Å². The molecule has 0 atom stereocenters. The van der Waals surface area contributed by atoms with Crippen LogP contribution in [0.4, 0.5) is 5.13 Å². The number of benzene rings is 1. The van der Waals surface area contributed by atoms with Crippen LogP contribution in [0.3, 0.4) is 0 Å². The molecule has 6 nitrogen and oxygen atoms in total. The zero-order valence-corrected chi connectivity index (χ0v) is 19.0. The van der Waals surface area contributed by atoms with E-state index < -0.39 is 0 Å². The standard InChI is InChI=1S/C21H26N4O2S2/c1-13-5-6-14(2)18-17(13)23-21(29-18)25(8-7-24-9-11-27-12-10-24)20(26)19-15(3)22-16(4)28-19/h5-6H,7-12H2,1-4H3. The van der Waals surface area contributed by atoms with E-state index in [1.54, 1.807) is 11.3 Å². The minimum absolute atomic E-state index is 0.00396. The van der Waals surface area contributed by atoms with E-state index in [4.69, 9.17) is 9.72 Å². The number of carbonyl (C=O) groups excluding carboxylic acids is 1. The Bertz CT molecular complexity index is 998. The summed E-state index contributed by atoms with van der Waals surface area (Å²) in [7, 11) is 0. The maximum atomic E-state index is 13.5.